The first-order valence-corrected chi connectivity index (χ1v) is 10.5. The molecule has 150 valence electrons. The minimum Gasteiger partial charge on any atom is -0.326 e. The van der Waals surface area contributed by atoms with Gasteiger partial charge in [0.05, 0.1) is 5.69 Å². The van der Waals surface area contributed by atoms with Crippen molar-refractivity contribution < 1.29 is 14.0 Å². The molecule has 1 atom stereocenters. The molecule has 2 fully saturated rings. The van der Waals surface area contributed by atoms with Crippen molar-refractivity contribution in [2.75, 3.05) is 5.32 Å². The molecule has 2 amide bonds. The van der Waals surface area contributed by atoms with Crippen LogP contribution < -0.4 is 5.32 Å². The lowest BCUT2D eigenvalue weighted by atomic mass is 10.1. The largest absolute Gasteiger partial charge is 0.326 e. The molecule has 5 nitrogen and oxygen atoms in total. The molecule has 7 heteroatoms. The van der Waals surface area contributed by atoms with Crippen molar-refractivity contribution in [1.29, 1.82) is 0 Å². The van der Waals surface area contributed by atoms with Crippen molar-refractivity contribution in [2.24, 2.45) is 4.99 Å². The van der Waals surface area contributed by atoms with E-state index in [9.17, 15) is 14.0 Å². The molecule has 0 radical (unpaired) electrons. The zero-order valence-electron chi connectivity index (χ0n) is 16.3. The number of rotatable bonds is 5. The Balaban J connectivity index is 1.48. The lowest BCUT2D eigenvalue weighted by molar-refractivity contribution is -0.128. The summed E-state index contributed by atoms with van der Waals surface area (Å²) < 4.78 is 13.1. The lowest BCUT2D eigenvalue weighted by Gasteiger charge is -2.15. The van der Waals surface area contributed by atoms with Gasteiger partial charge in [-0.25, -0.2) is 9.38 Å². The Hall–Kier alpha value is -2.67. The number of halogens is 1. The maximum Gasteiger partial charge on any atom is 0.242 e. The normalized spacial score (nSPS) is 20.4. The van der Waals surface area contributed by atoms with E-state index in [1.54, 1.807) is 17.0 Å². The smallest absolute Gasteiger partial charge is 0.242 e. The summed E-state index contributed by atoms with van der Waals surface area (Å²) in [4.78, 5) is 31.7. The van der Waals surface area contributed by atoms with Gasteiger partial charge in [-0.1, -0.05) is 29.5 Å². The fraction of sp³-hybridized carbons (Fsp3) is 0.318. The molecule has 1 aliphatic heterocycles. The third-order valence-electron chi connectivity index (χ3n) is 4.96. The number of hydrogen-bond donors (Lipinski definition) is 1. The van der Waals surface area contributed by atoms with E-state index in [1.807, 2.05) is 32.0 Å². The van der Waals surface area contributed by atoms with Gasteiger partial charge >= 0.3 is 0 Å². The second-order valence-corrected chi connectivity index (χ2v) is 8.66. The Morgan fingerprint density at radius 2 is 1.93 bits per heavy atom. The van der Waals surface area contributed by atoms with E-state index in [0.717, 1.165) is 29.7 Å². The van der Waals surface area contributed by atoms with Crippen molar-refractivity contribution in [1.82, 2.24) is 4.90 Å². The van der Waals surface area contributed by atoms with Crippen molar-refractivity contribution >= 4 is 40.1 Å². The maximum absolute atomic E-state index is 13.1. The van der Waals surface area contributed by atoms with E-state index >= 15 is 0 Å². The lowest BCUT2D eigenvalue weighted by Crippen LogP contribution is -2.35. The van der Waals surface area contributed by atoms with Gasteiger partial charge in [-0.15, -0.1) is 0 Å². The topological polar surface area (TPSA) is 61.8 Å². The van der Waals surface area contributed by atoms with Gasteiger partial charge in [0.1, 0.15) is 11.1 Å². The van der Waals surface area contributed by atoms with E-state index in [-0.39, 0.29) is 30.1 Å². The van der Waals surface area contributed by atoms with Crippen LogP contribution in [0.4, 0.5) is 15.8 Å². The highest BCUT2D eigenvalue weighted by molar-refractivity contribution is 8.15. The Morgan fingerprint density at radius 3 is 2.59 bits per heavy atom. The van der Waals surface area contributed by atoms with Crippen LogP contribution in [-0.4, -0.2) is 33.2 Å². The molecule has 1 aliphatic carbocycles. The third-order valence-corrected chi connectivity index (χ3v) is 6.11. The quantitative estimate of drug-likeness (QED) is 0.784. The summed E-state index contributed by atoms with van der Waals surface area (Å²) in [6, 6.07) is 11.8. The fourth-order valence-corrected chi connectivity index (χ4v) is 4.53. The van der Waals surface area contributed by atoms with Crippen LogP contribution in [0.25, 0.3) is 0 Å². The Morgan fingerprint density at radius 1 is 1.21 bits per heavy atom. The molecule has 29 heavy (non-hydrogen) atoms. The average Bonchev–Trinajstić information content (AvgIpc) is 3.46. The van der Waals surface area contributed by atoms with Crippen LogP contribution in [0, 0.1) is 19.7 Å². The van der Waals surface area contributed by atoms with Gasteiger partial charge in [-0.3, -0.25) is 14.5 Å². The minimum atomic E-state index is -0.499. The van der Waals surface area contributed by atoms with E-state index in [0.29, 0.717) is 10.9 Å². The summed E-state index contributed by atoms with van der Waals surface area (Å²) in [6.07, 6.45) is 1.97. The number of amides is 2. The molecular formula is C22H22FN3O2S. The number of thioether (sulfide) groups is 1. The number of benzene rings is 2. The molecule has 1 N–H and O–H groups in total. The standard InChI is InChI=1S/C22H22FN3O2S/c1-13-3-10-18(14(2)11-13)25-20(27)12-19-21(28)26(17-8-9-17)22(29-19)24-16-6-4-15(23)5-7-16/h3-7,10-11,17,19H,8-9,12H2,1-2H3,(H,25,27)/t19-/m1/s1. The highest BCUT2D eigenvalue weighted by Gasteiger charge is 2.46. The maximum atomic E-state index is 13.1. The fourth-order valence-electron chi connectivity index (χ4n) is 3.31. The molecular weight excluding hydrogens is 389 g/mol. The van der Waals surface area contributed by atoms with E-state index in [4.69, 9.17) is 0 Å². The van der Waals surface area contributed by atoms with E-state index in [1.165, 1.54) is 23.9 Å². The van der Waals surface area contributed by atoms with Gasteiger partial charge in [-0.2, -0.15) is 0 Å². The first-order chi connectivity index (χ1) is 13.9. The van der Waals surface area contributed by atoms with Crippen LogP contribution in [-0.2, 0) is 9.59 Å². The van der Waals surface area contributed by atoms with E-state index < -0.39 is 5.25 Å². The first kappa shape index (κ1) is 19.6. The molecule has 0 spiro atoms. The van der Waals surface area contributed by atoms with Gasteiger partial charge < -0.3 is 5.32 Å². The molecule has 0 aromatic heterocycles. The number of aliphatic imine (C=N–C) groups is 1. The predicted molar refractivity (Wildman–Crippen MR) is 114 cm³/mol. The number of hydrogen-bond acceptors (Lipinski definition) is 4. The third kappa shape index (κ3) is 4.50. The number of aryl methyl sites for hydroxylation is 2. The van der Waals surface area contributed by atoms with Crippen molar-refractivity contribution in [3.8, 4) is 0 Å². The van der Waals surface area contributed by atoms with Gasteiger partial charge in [0.25, 0.3) is 0 Å². The Labute approximate surface area is 173 Å². The van der Waals surface area contributed by atoms with Gasteiger partial charge in [-0.05, 0) is 62.6 Å². The van der Waals surface area contributed by atoms with Crippen molar-refractivity contribution in [2.45, 2.75) is 44.4 Å². The highest BCUT2D eigenvalue weighted by Crippen LogP contribution is 2.39. The average molecular weight is 412 g/mol. The first-order valence-electron chi connectivity index (χ1n) is 9.62. The van der Waals surface area contributed by atoms with E-state index in [2.05, 4.69) is 10.3 Å². The summed E-state index contributed by atoms with van der Waals surface area (Å²) >= 11 is 1.31. The van der Waals surface area contributed by atoms with Crippen molar-refractivity contribution in [3.05, 3.63) is 59.4 Å². The number of carbonyl (C=O) groups excluding carboxylic acids is 2. The number of amidine groups is 1. The zero-order valence-corrected chi connectivity index (χ0v) is 17.1. The molecule has 1 heterocycles. The van der Waals surface area contributed by atoms with Crippen LogP contribution in [0.3, 0.4) is 0 Å². The molecule has 0 bridgehead atoms. The number of anilines is 1. The van der Waals surface area contributed by atoms with Crippen LogP contribution in [0.1, 0.15) is 30.4 Å². The molecule has 4 rings (SSSR count). The Bertz CT molecular complexity index is 986. The summed E-state index contributed by atoms with van der Waals surface area (Å²) in [5, 5.41) is 3.00. The molecule has 0 unspecified atom stereocenters. The second kappa shape index (κ2) is 7.99. The van der Waals surface area contributed by atoms with Crippen LogP contribution in [0.5, 0.6) is 0 Å². The monoisotopic (exact) mass is 411 g/mol. The molecule has 2 aromatic rings. The number of nitrogens with one attached hydrogen (secondary N) is 1. The van der Waals surface area contributed by atoms with Gasteiger partial charge in [0.15, 0.2) is 5.17 Å². The number of nitrogens with zero attached hydrogens (tertiary/aromatic N) is 2. The molecule has 2 aliphatic rings. The number of carbonyl (C=O) groups is 2. The Kier molecular flexibility index (Phi) is 5.41. The molecule has 1 saturated carbocycles. The van der Waals surface area contributed by atoms with Crippen LogP contribution in [0.2, 0.25) is 0 Å². The highest BCUT2D eigenvalue weighted by atomic mass is 32.2. The molecule has 1 saturated heterocycles. The van der Waals surface area contributed by atoms with Crippen molar-refractivity contribution in [3.63, 3.8) is 0 Å². The predicted octanol–water partition coefficient (Wildman–Crippen LogP) is 4.57. The SMILES string of the molecule is Cc1ccc(NC(=O)C[C@H]2SC(=Nc3ccc(F)cc3)N(C3CC3)C2=O)c(C)c1. The summed E-state index contributed by atoms with van der Waals surface area (Å²) in [7, 11) is 0. The molecule has 2 aromatic carbocycles. The zero-order chi connectivity index (χ0) is 20.5. The van der Waals surface area contributed by atoms with Gasteiger partial charge in [0.2, 0.25) is 11.8 Å². The van der Waals surface area contributed by atoms with Crippen LogP contribution in [0.15, 0.2) is 47.5 Å². The summed E-state index contributed by atoms with van der Waals surface area (Å²) in [5.74, 6) is -0.597. The summed E-state index contributed by atoms with van der Waals surface area (Å²) in [6.45, 7) is 3.95. The second-order valence-electron chi connectivity index (χ2n) is 7.49. The van der Waals surface area contributed by atoms with Crippen LogP contribution >= 0.6 is 11.8 Å². The van der Waals surface area contributed by atoms with Gasteiger partial charge in [0, 0.05) is 18.2 Å². The summed E-state index contributed by atoms with van der Waals surface area (Å²) in [5.41, 5.74) is 3.47. The minimum absolute atomic E-state index is 0.0749.